The number of rotatable bonds is 6. The van der Waals surface area contributed by atoms with E-state index in [1.54, 1.807) is 36.4 Å². The van der Waals surface area contributed by atoms with Crippen molar-refractivity contribution < 1.29 is 24.0 Å². The summed E-state index contributed by atoms with van der Waals surface area (Å²) in [7, 11) is 1.50. The number of hydrogen-bond donors (Lipinski definition) is 1. The van der Waals surface area contributed by atoms with Crippen LogP contribution < -0.4 is 14.8 Å². The Balaban J connectivity index is 1.70. The van der Waals surface area contributed by atoms with Gasteiger partial charge in [-0.1, -0.05) is 6.07 Å². The molecule has 0 fully saturated rings. The molecule has 0 unspecified atom stereocenters. The summed E-state index contributed by atoms with van der Waals surface area (Å²) in [5.74, 6) is 0.219. The van der Waals surface area contributed by atoms with E-state index in [2.05, 4.69) is 10.3 Å². The number of methoxy groups -OCH3 is 1. The molecule has 2 amide bonds. The first-order valence-corrected chi connectivity index (χ1v) is 9.51. The summed E-state index contributed by atoms with van der Waals surface area (Å²) < 4.78 is 11.1. The van der Waals surface area contributed by atoms with E-state index in [1.807, 2.05) is 0 Å². The maximum Gasteiger partial charge on any atom is 0.286 e. The Hall–Kier alpha value is -3.66. The molecule has 0 radical (unpaired) electrons. The topological polar surface area (TPSA) is 120 Å². The highest BCUT2D eigenvalue weighted by Gasteiger charge is 2.22. The summed E-state index contributed by atoms with van der Waals surface area (Å²) in [6.45, 7) is 1.55. The maximum atomic E-state index is 12.0. The number of nitro groups is 1. The van der Waals surface area contributed by atoms with Crippen molar-refractivity contribution in [1.29, 1.82) is 0 Å². The summed E-state index contributed by atoms with van der Waals surface area (Å²) in [6, 6.07) is 11.2. The number of hydrogen-bond acceptors (Lipinski definition) is 7. The third-order valence-electron chi connectivity index (χ3n) is 3.93. The Bertz CT molecular complexity index is 1060. The lowest BCUT2D eigenvalue weighted by Gasteiger charge is -2.11. The lowest BCUT2D eigenvalue weighted by molar-refractivity contribution is -0.384. The highest BCUT2D eigenvalue weighted by Crippen LogP contribution is 2.32. The highest BCUT2D eigenvalue weighted by molar-refractivity contribution is 8.18. The zero-order chi connectivity index (χ0) is 21.7. The number of benzene rings is 2. The first-order valence-electron chi connectivity index (χ1n) is 8.70. The van der Waals surface area contributed by atoms with Crippen LogP contribution in [0.3, 0.4) is 0 Å². The van der Waals surface area contributed by atoms with Crippen molar-refractivity contribution in [3.8, 4) is 11.5 Å². The van der Waals surface area contributed by atoms with Gasteiger partial charge in [-0.05, 0) is 53.2 Å². The number of thioether (sulfide) groups is 1. The molecule has 0 spiro atoms. The van der Waals surface area contributed by atoms with Crippen LogP contribution in [-0.2, 0) is 16.2 Å². The molecular formula is C20H17N3O6S. The van der Waals surface area contributed by atoms with Gasteiger partial charge < -0.3 is 14.8 Å². The average molecular weight is 427 g/mol. The van der Waals surface area contributed by atoms with Crippen LogP contribution in [-0.4, -0.2) is 29.0 Å². The SMILES string of the molecule is COc1cc(/C=C2/SC(NC(C)=O)=NC2=O)ccc1OCc1ccc([N+](=O)[O-])cc1. The fourth-order valence-electron chi connectivity index (χ4n) is 2.53. The molecule has 0 aromatic heterocycles. The van der Waals surface area contributed by atoms with Gasteiger partial charge in [-0.2, -0.15) is 4.99 Å². The number of ether oxygens (including phenoxy) is 2. The quantitative estimate of drug-likeness (QED) is 0.427. The van der Waals surface area contributed by atoms with Gasteiger partial charge in [-0.3, -0.25) is 19.7 Å². The minimum Gasteiger partial charge on any atom is -0.493 e. The number of carbonyl (C=O) groups excluding carboxylic acids is 2. The van der Waals surface area contributed by atoms with Gasteiger partial charge in [-0.15, -0.1) is 0 Å². The van der Waals surface area contributed by atoms with Crippen LogP contribution in [0.1, 0.15) is 18.1 Å². The molecule has 30 heavy (non-hydrogen) atoms. The standard InChI is InChI=1S/C20H17N3O6S/c1-12(24)21-20-22-19(25)18(30-20)10-14-5-8-16(17(9-14)28-2)29-11-13-3-6-15(7-4-13)23(26)27/h3-10H,11H2,1-2H3,(H,21,22,24,25)/b18-10+. The fraction of sp³-hybridized carbons (Fsp3) is 0.150. The monoisotopic (exact) mass is 427 g/mol. The Kier molecular flexibility index (Phi) is 6.48. The van der Waals surface area contributed by atoms with E-state index >= 15 is 0 Å². The number of nitrogens with one attached hydrogen (secondary N) is 1. The predicted molar refractivity (Wildman–Crippen MR) is 112 cm³/mol. The molecular weight excluding hydrogens is 410 g/mol. The Labute approximate surface area is 175 Å². The molecule has 10 heteroatoms. The number of aliphatic imine (C=N–C) groups is 1. The normalized spacial score (nSPS) is 14.4. The van der Waals surface area contributed by atoms with Gasteiger partial charge in [0.15, 0.2) is 16.7 Å². The van der Waals surface area contributed by atoms with E-state index < -0.39 is 10.8 Å². The maximum absolute atomic E-state index is 12.0. The van der Waals surface area contributed by atoms with E-state index in [4.69, 9.17) is 9.47 Å². The molecule has 0 bridgehead atoms. The molecule has 0 saturated carbocycles. The second kappa shape index (κ2) is 9.23. The van der Waals surface area contributed by atoms with Gasteiger partial charge in [0.2, 0.25) is 5.91 Å². The molecule has 0 aliphatic carbocycles. The second-order valence-corrected chi connectivity index (χ2v) is 7.17. The first kappa shape index (κ1) is 21.1. The number of amides is 2. The highest BCUT2D eigenvalue weighted by atomic mass is 32.2. The molecule has 9 nitrogen and oxygen atoms in total. The second-order valence-electron chi connectivity index (χ2n) is 6.14. The van der Waals surface area contributed by atoms with Gasteiger partial charge in [0, 0.05) is 19.1 Å². The minimum atomic E-state index is -0.460. The number of nitro benzene ring substituents is 1. The Morgan fingerprint density at radius 3 is 2.60 bits per heavy atom. The van der Waals surface area contributed by atoms with Gasteiger partial charge in [-0.25, -0.2) is 0 Å². The van der Waals surface area contributed by atoms with E-state index in [-0.39, 0.29) is 23.4 Å². The third kappa shape index (κ3) is 5.23. The molecule has 0 saturated heterocycles. The lowest BCUT2D eigenvalue weighted by Crippen LogP contribution is -2.23. The lowest BCUT2D eigenvalue weighted by atomic mass is 10.2. The molecule has 2 aromatic carbocycles. The average Bonchev–Trinajstić information content (AvgIpc) is 3.05. The predicted octanol–water partition coefficient (Wildman–Crippen LogP) is 3.29. The molecule has 0 atom stereocenters. The zero-order valence-electron chi connectivity index (χ0n) is 16.1. The van der Waals surface area contributed by atoms with Gasteiger partial charge in [0.1, 0.15) is 6.61 Å². The van der Waals surface area contributed by atoms with Crippen LogP contribution in [0.2, 0.25) is 0 Å². The van der Waals surface area contributed by atoms with Gasteiger partial charge >= 0.3 is 0 Å². The number of carbonyl (C=O) groups is 2. The zero-order valence-corrected chi connectivity index (χ0v) is 16.9. The summed E-state index contributed by atoms with van der Waals surface area (Å²) in [5, 5.41) is 13.5. The smallest absolute Gasteiger partial charge is 0.286 e. The minimum absolute atomic E-state index is 0.0127. The fourth-order valence-corrected chi connectivity index (χ4v) is 3.39. The van der Waals surface area contributed by atoms with E-state index in [0.717, 1.165) is 17.3 Å². The molecule has 154 valence electrons. The van der Waals surface area contributed by atoms with E-state index in [0.29, 0.717) is 22.0 Å². The number of non-ortho nitro benzene ring substituents is 1. The third-order valence-corrected chi connectivity index (χ3v) is 4.83. The molecule has 1 heterocycles. The van der Waals surface area contributed by atoms with Crippen LogP contribution in [0.15, 0.2) is 52.4 Å². The molecule has 3 rings (SSSR count). The van der Waals surface area contributed by atoms with Crippen molar-refractivity contribution >= 4 is 40.5 Å². The molecule has 1 aliphatic rings. The van der Waals surface area contributed by atoms with Crippen LogP contribution in [0.5, 0.6) is 11.5 Å². The van der Waals surface area contributed by atoms with E-state index in [9.17, 15) is 19.7 Å². The van der Waals surface area contributed by atoms with Crippen molar-refractivity contribution in [2.75, 3.05) is 7.11 Å². The largest absolute Gasteiger partial charge is 0.493 e. The van der Waals surface area contributed by atoms with Crippen LogP contribution >= 0.6 is 11.8 Å². The van der Waals surface area contributed by atoms with Crippen LogP contribution in [0.4, 0.5) is 5.69 Å². The summed E-state index contributed by atoms with van der Waals surface area (Å²) in [5.41, 5.74) is 1.48. The van der Waals surface area contributed by atoms with Crippen molar-refractivity contribution in [2.24, 2.45) is 4.99 Å². The van der Waals surface area contributed by atoms with Crippen LogP contribution in [0.25, 0.3) is 6.08 Å². The van der Waals surface area contributed by atoms with Gasteiger partial charge in [0.25, 0.3) is 11.6 Å². The Morgan fingerprint density at radius 1 is 1.23 bits per heavy atom. The summed E-state index contributed by atoms with van der Waals surface area (Å²) >= 11 is 1.08. The molecule has 1 N–H and O–H groups in total. The number of amidine groups is 1. The van der Waals surface area contributed by atoms with Crippen molar-refractivity contribution in [3.05, 3.63) is 68.6 Å². The van der Waals surface area contributed by atoms with Gasteiger partial charge in [0.05, 0.1) is 16.9 Å². The van der Waals surface area contributed by atoms with Crippen molar-refractivity contribution in [3.63, 3.8) is 0 Å². The Morgan fingerprint density at radius 2 is 1.97 bits per heavy atom. The molecule has 1 aliphatic heterocycles. The van der Waals surface area contributed by atoms with Crippen LogP contribution in [0, 0.1) is 10.1 Å². The van der Waals surface area contributed by atoms with Crippen molar-refractivity contribution in [1.82, 2.24) is 5.32 Å². The van der Waals surface area contributed by atoms with Crippen molar-refractivity contribution in [2.45, 2.75) is 13.5 Å². The summed E-state index contributed by atoms with van der Waals surface area (Å²) in [4.78, 5) is 37.5. The first-order chi connectivity index (χ1) is 14.4. The molecule has 2 aromatic rings. The van der Waals surface area contributed by atoms with E-state index in [1.165, 1.54) is 26.2 Å². The number of nitrogens with zero attached hydrogens (tertiary/aromatic N) is 2. The summed E-state index contributed by atoms with van der Waals surface area (Å²) in [6.07, 6.45) is 1.65.